The van der Waals surface area contributed by atoms with E-state index in [2.05, 4.69) is 5.32 Å². The van der Waals surface area contributed by atoms with Crippen LogP contribution >= 0.6 is 0 Å². The van der Waals surface area contributed by atoms with Crippen LogP contribution in [0.4, 0.5) is 5.69 Å². The summed E-state index contributed by atoms with van der Waals surface area (Å²) in [7, 11) is 1.65. The van der Waals surface area contributed by atoms with Gasteiger partial charge in [0, 0.05) is 12.7 Å². The highest BCUT2D eigenvalue weighted by molar-refractivity contribution is 6.12. The van der Waals surface area contributed by atoms with E-state index >= 15 is 0 Å². The minimum Gasteiger partial charge on any atom is -0.449 e. The molecule has 0 aliphatic rings. The van der Waals surface area contributed by atoms with Gasteiger partial charge in [-0.3, -0.25) is 9.59 Å². The van der Waals surface area contributed by atoms with Gasteiger partial charge in [-0.1, -0.05) is 74.0 Å². The molecule has 0 aliphatic carbocycles. The van der Waals surface area contributed by atoms with E-state index in [-0.39, 0.29) is 29.0 Å². The molecule has 3 aromatic carbocycles. The molecule has 2 amide bonds. The number of anilines is 1. The maximum absolute atomic E-state index is 13.1. The topological polar surface area (TPSA) is 75.7 Å². The second-order valence-electron chi connectivity index (χ2n) is 8.05. The van der Waals surface area contributed by atoms with Gasteiger partial charge >= 0.3 is 5.97 Å². The predicted molar refractivity (Wildman–Crippen MR) is 133 cm³/mol. The quantitative estimate of drug-likeness (QED) is 0.449. The number of hydrogen-bond acceptors (Lipinski definition) is 4. The molecule has 3 aromatic rings. The molecule has 6 heteroatoms. The summed E-state index contributed by atoms with van der Waals surface area (Å²) in [4.78, 5) is 40.3. The average Bonchev–Trinajstić information content (AvgIpc) is 2.88. The van der Waals surface area contributed by atoms with Crippen LogP contribution in [0.3, 0.4) is 0 Å². The lowest BCUT2D eigenvalue weighted by molar-refractivity contribution is -0.129. The number of ether oxygens (including phenoxy) is 1. The number of carbonyl (C=O) groups excluding carboxylic acids is 3. The Morgan fingerprint density at radius 2 is 1.41 bits per heavy atom. The largest absolute Gasteiger partial charge is 0.449 e. The van der Waals surface area contributed by atoms with Crippen molar-refractivity contribution in [1.82, 2.24) is 5.32 Å². The van der Waals surface area contributed by atoms with E-state index in [0.717, 1.165) is 18.4 Å². The normalized spacial score (nSPS) is 12.3. The van der Waals surface area contributed by atoms with Crippen molar-refractivity contribution in [2.45, 2.75) is 38.8 Å². The van der Waals surface area contributed by atoms with Gasteiger partial charge in [0.15, 0.2) is 6.10 Å². The monoisotopic (exact) mass is 458 g/mol. The summed E-state index contributed by atoms with van der Waals surface area (Å²) >= 11 is 0. The highest BCUT2D eigenvalue weighted by Crippen LogP contribution is 2.20. The van der Waals surface area contributed by atoms with Crippen LogP contribution in [-0.2, 0) is 9.53 Å². The van der Waals surface area contributed by atoms with Crippen LogP contribution in [0.1, 0.15) is 59.0 Å². The molecule has 0 heterocycles. The third-order valence-electron chi connectivity index (χ3n) is 5.57. The van der Waals surface area contributed by atoms with Gasteiger partial charge in [0.1, 0.15) is 0 Å². The second kappa shape index (κ2) is 11.8. The SMILES string of the molecule is CCCC(NC(=O)C(C)OC(=O)c1ccccc1C(=O)N(C)c1ccccc1)c1ccccc1. The van der Waals surface area contributed by atoms with E-state index in [0.29, 0.717) is 5.69 Å². The van der Waals surface area contributed by atoms with E-state index in [1.54, 1.807) is 25.2 Å². The molecule has 0 saturated heterocycles. The van der Waals surface area contributed by atoms with Crippen LogP contribution in [0.15, 0.2) is 84.9 Å². The number of esters is 1. The molecule has 3 rings (SSSR count). The zero-order valence-electron chi connectivity index (χ0n) is 19.7. The highest BCUT2D eigenvalue weighted by atomic mass is 16.5. The molecule has 0 spiro atoms. The fourth-order valence-electron chi connectivity index (χ4n) is 3.66. The number of nitrogens with zero attached hydrogens (tertiary/aromatic N) is 1. The summed E-state index contributed by atoms with van der Waals surface area (Å²) in [6, 6.07) is 25.1. The molecule has 0 saturated carbocycles. The Hall–Kier alpha value is -3.93. The minimum atomic E-state index is -1.02. The molecule has 0 bridgehead atoms. The zero-order valence-corrected chi connectivity index (χ0v) is 19.7. The average molecular weight is 459 g/mol. The molecule has 2 unspecified atom stereocenters. The first-order chi connectivity index (χ1) is 16.4. The number of benzene rings is 3. The molecule has 2 atom stereocenters. The molecule has 34 heavy (non-hydrogen) atoms. The summed E-state index contributed by atoms with van der Waals surface area (Å²) in [5, 5.41) is 2.98. The van der Waals surface area contributed by atoms with Gasteiger partial charge < -0.3 is 15.0 Å². The lowest BCUT2D eigenvalue weighted by Crippen LogP contribution is -2.38. The zero-order chi connectivity index (χ0) is 24.5. The van der Waals surface area contributed by atoms with Crippen LogP contribution in [0.5, 0.6) is 0 Å². The number of para-hydroxylation sites is 1. The van der Waals surface area contributed by atoms with Gasteiger partial charge in [-0.2, -0.15) is 0 Å². The van der Waals surface area contributed by atoms with Gasteiger partial charge in [-0.05, 0) is 43.2 Å². The van der Waals surface area contributed by atoms with Crippen molar-refractivity contribution >= 4 is 23.5 Å². The Balaban J connectivity index is 1.71. The first-order valence-corrected chi connectivity index (χ1v) is 11.4. The number of amides is 2. The Bertz CT molecular complexity index is 1120. The number of rotatable bonds is 9. The van der Waals surface area contributed by atoms with Crippen molar-refractivity contribution in [2.75, 3.05) is 11.9 Å². The second-order valence-corrected chi connectivity index (χ2v) is 8.05. The molecular weight excluding hydrogens is 428 g/mol. The summed E-state index contributed by atoms with van der Waals surface area (Å²) in [6.07, 6.45) is 0.628. The smallest absolute Gasteiger partial charge is 0.339 e. The highest BCUT2D eigenvalue weighted by Gasteiger charge is 2.26. The predicted octanol–water partition coefficient (Wildman–Crippen LogP) is 5.17. The Morgan fingerprint density at radius 1 is 0.853 bits per heavy atom. The van der Waals surface area contributed by atoms with Crippen molar-refractivity contribution in [3.8, 4) is 0 Å². The van der Waals surface area contributed by atoms with Gasteiger partial charge in [0.05, 0.1) is 17.2 Å². The van der Waals surface area contributed by atoms with E-state index in [1.807, 2.05) is 67.6 Å². The molecule has 1 N–H and O–H groups in total. The van der Waals surface area contributed by atoms with Crippen molar-refractivity contribution in [3.05, 3.63) is 102 Å². The van der Waals surface area contributed by atoms with E-state index < -0.39 is 12.1 Å². The summed E-state index contributed by atoms with van der Waals surface area (Å²) in [5.41, 5.74) is 2.02. The van der Waals surface area contributed by atoms with Crippen molar-refractivity contribution in [1.29, 1.82) is 0 Å². The van der Waals surface area contributed by atoms with E-state index in [9.17, 15) is 14.4 Å². The van der Waals surface area contributed by atoms with Crippen LogP contribution in [0, 0.1) is 0 Å². The molecule has 176 valence electrons. The third kappa shape index (κ3) is 6.10. The van der Waals surface area contributed by atoms with E-state index in [4.69, 9.17) is 4.74 Å². The van der Waals surface area contributed by atoms with Gasteiger partial charge in [-0.15, -0.1) is 0 Å². The van der Waals surface area contributed by atoms with Crippen LogP contribution in [-0.4, -0.2) is 30.9 Å². The molecule has 0 radical (unpaired) electrons. The maximum Gasteiger partial charge on any atom is 0.339 e. The Kier molecular flexibility index (Phi) is 8.57. The van der Waals surface area contributed by atoms with Gasteiger partial charge in [-0.25, -0.2) is 4.79 Å². The number of nitrogens with one attached hydrogen (secondary N) is 1. The number of carbonyl (C=O) groups is 3. The summed E-state index contributed by atoms with van der Waals surface area (Å²) in [5.74, 6) is -1.45. The number of hydrogen-bond donors (Lipinski definition) is 1. The van der Waals surface area contributed by atoms with E-state index in [1.165, 1.54) is 17.9 Å². The molecule has 0 aromatic heterocycles. The van der Waals surface area contributed by atoms with Crippen LogP contribution in [0.2, 0.25) is 0 Å². The lowest BCUT2D eigenvalue weighted by Gasteiger charge is -2.22. The van der Waals surface area contributed by atoms with Crippen molar-refractivity contribution in [3.63, 3.8) is 0 Å². The van der Waals surface area contributed by atoms with Crippen molar-refractivity contribution < 1.29 is 19.1 Å². The minimum absolute atomic E-state index is 0.114. The molecule has 0 fully saturated rings. The van der Waals surface area contributed by atoms with Crippen LogP contribution in [0.25, 0.3) is 0 Å². The lowest BCUT2D eigenvalue weighted by atomic mass is 10.0. The summed E-state index contributed by atoms with van der Waals surface area (Å²) in [6.45, 7) is 3.58. The standard InChI is InChI=1S/C28H30N2O4/c1-4-13-25(21-14-7-5-8-15-21)29-26(31)20(2)34-28(33)24-19-12-11-18-23(24)27(32)30(3)22-16-9-6-10-17-22/h5-12,14-20,25H,4,13H2,1-3H3,(H,29,31). The van der Waals surface area contributed by atoms with Crippen LogP contribution < -0.4 is 10.2 Å². The van der Waals surface area contributed by atoms with Crippen molar-refractivity contribution in [2.24, 2.45) is 0 Å². The molecule has 0 aliphatic heterocycles. The first kappa shape index (κ1) is 24.7. The third-order valence-corrected chi connectivity index (χ3v) is 5.57. The fourth-order valence-corrected chi connectivity index (χ4v) is 3.66. The van der Waals surface area contributed by atoms with Gasteiger partial charge in [0.25, 0.3) is 11.8 Å². The first-order valence-electron chi connectivity index (χ1n) is 11.4. The Labute approximate surface area is 200 Å². The van der Waals surface area contributed by atoms with Gasteiger partial charge in [0.2, 0.25) is 0 Å². The molecular formula is C28H30N2O4. The fraction of sp³-hybridized carbons (Fsp3) is 0.250. The molecule has 6 nitrogen and oxygen atoms in total. The Morgan fingerprint density at radius 3 is 2.03 bits per heavy atom. The maximum atomic E-state index is 13.1. The summed E-state index contributed by atoms with van der Waals surface area (Å²) < 4.78 is 5.47.